The van der Waals surface area contributed by atoms with E-state index in [0.29, 0.717) is 12.1 Å². The third kappa shape index (κ3) is 2.71. The molecule has 0 aliphatic carbocycles. The van der Waals surface area contributed by atoms with Crippen LogP contribution >= 0.6 is 0 Å². The number of piperidine rings is 1. The van der Waals surface area contributed by atoms with Gasteiger partial charge in [0.25, 0.3) is 0 Å². The van der Waals surface area contributed by atoms with Crippen molar-refractivity contribution in [3.05, 3.63) is 29.3 Å². The number of carbonyl (C=O) groups excluding carboxylic acids is 1. The molecule has 2 rings (SSSR count). The number of carboxylic acids is 1. The topological polar surface area (TPSA) is 77.5 Å². The molecule has 1 aromatic carbocycles. The van der Waals surface area contributed by atoms with Gasteiger partial charge in [0.2, 0.25) is 10.0 Å². The van der Waals surface area contributed by atoms with Crippen LogP contribution in [0.4, 0.5) is 0 Å². The molecule has 1 atom stereocenters. The van der Waals surface area contributed by atoms with Crippen LogP contribution in [0.15, 0.2) is 23.1 Å². The maximum Gasteiger partial charge on any atom is 0.243 e. The number of hydrogen-bond donors (Lipinski definition) is 0. The second-order valence-electron chi connectivity index (χ2n) is 5.22. The molecule has 1 aliphatic heterocycles. The molecule has 0 saturated carbocycles. The zero-order valence-electron chi connectivity index (χ0n) is 11.6. The maximum absolute atomic E-state index is 12.6. The van der Waals surface area contributed by atoms with Gasteiger partial charge in [0.1, 0.15) is 0 Å². The molecular weight excluding hydrogens is 278 g/mol. The molecule has 20 heavy (non-hydrogen) atoms. The third-order valence-electron chi connectivity index (χ3n) is 3.78. The van der Waals surface area contributed by atoms with E-state index in [9.17, 15) is 18.3 Å². The number of carbonyl (C=O) groups is 1. The Hall–Kier alpha value is -1.40. The molecule has 0 bridgehead atoms. The van der Waals surface area contributed by atoms with Gasteiger partial charge >= 0.3 is 0 Å². The maximum atomic E-state index is 12.6. The molecule has 0 aromatic heterocycles. The van der Waals surface area contributed by atoms with Crippen molar-refractivity contribution >= 4 is 16.0 Å². The van der Waals surface area contributed by atoms with E-state index in [2.05, 4.69) is 0 Å². The zero-order chi connectivity index (χ0) is 14.9. The molecular formula is C14H18NO4S-. The first-order valence-corrected chi connectivity index (χ1v) is 8.12. The summed E-state index contributed by atoms with van der Waals surface area (Å²) >= 11 is 0. The summed E-state index contributed by atoms with van der Waals surface area (Å²) in [5, 5.41) is 11.0. The Balaban J connectivity index is 2.44. The molecule has 0 N–H and O–H groups in total. The fraction of sp³-hybridized carbons (Fsp3) is 0.500. The Labute approximate surface area is 119 Å². The van der Waals surface area contributed by atoms with Crippen LogP contribution in [-0.4, -0.2) is 31.3 Å². The standard InChI is InChI=1S/C14H19NO4S/c1-10-6-7-12(9-13(10)14(16)17)20(18,19)15-8-4-3-5-11(15)2/h6-7,9,11H,3-5,8H2,1-2H3,(H,16,17)/p-1/t11-/m0/s1. The number of benzene rings is 1. The van der Waals surface area contributed by atoms with Crippen LogP contribution in [0.3, 0.4) is 0 Å². The molecule has 1 heterocycles. The molecule has 0 spiro atoms. The average Bonchev–Trinajstić information content (AvgIpc) is 2.38. The van der Waals surface area contributed by atoms with Gasteiger partial charge in [-0.05, 0) is 44.4 Å². The van der Waals surface area contributed by atoms with Crippen molar-refractivity contribution in [1.82, 2.24) is 4.31 Å². The largest absolute Gasteiger partial charge is 0.545 e. The fourth-order valence-electron chi connectivity index (χ4n) is 2.55. The van der Waals surface area contributed by atoms with Gasteiger partial charge in [-0.2, -0.15) is 4.31 Å². The monoisotopic (exact) mass is 296 g/mol. The van der Waals surface area contributed by atoms with Crippen LogP contribution in [0.1, 0.15) is 42.1 Å². The van der Waals surface area contributed by atoms with E-state index in [1.807, 2.05) is 6.92 Å². The van der Waals surface area contributed by atoms with Crippen LogP contribution in [0.25, 0.3) is 0 Å². The Kier molecular flexibility index (Phi) is 4.15. The van der Waals surface area contributed by atoms with E-state index in [-0.39, 0.29) is 16.5 Å². The van der Waals surface area contributed by atoms with Crippen molar-refractivity contribution in [3.63, 3.8) is 0 Å². The summed E-state index contributed by atoms with van der Waals surface area (Å²) in [6, 6.07) is 4.10. The number of sulfonamides is 1. The highest BCUT2D eigenvalue weighted by molar-refractivity contribution is 7.89. The van der Waals surface area contributed by atoms with Crippen LogP contribution < -0.4 is 5.11 Å². The predicted octanol–water partition coefficient (Wildman–Crippen LogP) is 0.922. The normalized spacial score (nSPS) is 20.8. The van der Waals surface area contributed by atoms with Crippen molar-refractivity contribution in [1.29, 1.82) is 0 Å². The van der Waals surface area contributed by atoms with E-state index in [1.54, 1.807) is 6.92 Å². The van der Waals surface area contributed by atoms with Crippen LogP contribution in [0.2, 0.25) is 0 Å². The number of nitrogens with zero attached hydrogens (tertiary/aromatic N) is 1. The minimum absolute atomic E-state index is 0.0241. The molecule has 0 unspecified atom stereocenters. The summed E-state index contributed by atoms with van der Waals surface area (Å²) in [5.41, 5.74) is 0.423. The number of aryl methyl sites for hydroxylation is 1. The highest BCUT2D eigenvalue weighted by Gasteiger charge is 2.31. The summed E-state index contributed by atoms with van der Waals surface area (Å²) in [6.07, 6.45) is 2.69. The zero-order valence-corrected chi connectivity index (χ0v) is 12.4. The quantitative estimate of drug-likeness (QED) is 0.831. The molecule has 1 saturated heterocycles. The smallest absolute Gasteiger partial charge is 0.243 e. The molecule has 1 aliphatic rings. The van der Waals surface area contributed by atoms with Gasteiger partial charge in [0.15, 0.2) is 0 Å². The van der Waals surface area contributed by atoms with Gasteiger partial charge in [-0.1, -0.05) is 12.5 Å². The summed E-state index contributed by atoms with van der Waals surface area (Å²) in [7, 11) is -3.64. The predicted molar refractivity (Wildman–Crippen MR) is 72.7 cm³/mol. The number of aromatic carboxylic acids is 1. The van der Waals surface area contributed by atoms with Crippen molar-refractivity contribution < 1.29 is 18.3 Å². The van der Waals surface area contributed by atoms with Gasteiger partial charge in [0.05, 0.1) is 10.9 Å². The summed E-state index contributed by atoms with van der Waals surface area (Å²) < 4.78 is 26.7. The molecule has 1 aromatic rings. The van der Waals surface area contributed by atoms with Crippen molar-refractivity contribution in [2.24, 2.45) is 0 Å². The fourth-order valence-corrected chi connectivity index (χ4v) is 4.27. The molecule has 0 radical (unpaired) electrons. The van der Waals surface area contributed by atoms with Crippen LogP contribution in [0.5, 0.6) is 0 Å². The van der Waals surface area contributed by atoms with Gasteiger partial charge in [0, 0.05) is 18.2 Å². The van der Waals surface area contributed by atoms with E-state index in [1.165, 1.54) is 22.5 Å². The van der Waals surface area contributed by atoms with E-state index >= 15 is 0 Å². The third-order valence-corrected chi connectivity index (χ3v) is 5.79. The van der Waals surface area contributed by atoms with Gasteiger partial charge < -0.3 is 9.90 Å². The Bertz CT molecular complexity index is 624. The lowest BCUT2D eigenvalue weighted by Gasteiger charge is -2.32. The lowest BCUT2D eigenvalue weighted by molar-refractivity contribution is -0.255. The van der Waals surface area contributed by atoms with E-state index < -0.39 is 16.0 Å². The Morgan fingerprint density at radius 2 is 2.05 bits per heavy atom. The molecule has 1 fully saturated rings. The molecule has 6 heteroatoms. The highest BCUT2D eigenvalue weighted by Crippen LogP contribution is 2.26. The van der Waals surface area contributed by atoms with E-state index in [0.717, 1.165) is 19.3 Å². The first-order chi connectivity index (χ1) is 9.34. The SMILES string of the molecule is Cc1ccc(S(=O)(=O)N2CCCC[C@@H]2C)cc1C(=O)[O-]. The summed E-state index contributed by atoms with van der Waals surface area (Å²) in [6.45, 7) is 3.98. The Morgan fingerprint density at radius 1 is 1.35 bits per heavy atom. The van der Waals surface area contributed by atoms with E-state index in [4.69, 9.17) is 0 Å². The summed E-state index contributed by atoms with van der Waals surface area (Å²) in [5.74, 6) is -1.36. The van der Waals surface area contributed by atoms with Crippen molar-refractivity contribution in [2.75, 3.05) is 6.54 Å². The number of carboxylic acid groups (broad SMARTS) is 1. The number of rotatable bonds is 3. The minimum atomic E-state index is -3.64. The minimum Gasteiger partial charge on any atom is -0.545 e. The van der Waals surface area contributed by atoms with Crippen molar-refractivity contribution in [2.45, 2.75) is 44.0 Å². The van der Waals surface area contributed by atoms with Gasteiger partial charge in [-0.25, -0.2) is 8.42 Å². The average molecular weight is 296 g/mol. The molecule has 0 amide bonds. The first-order valence-electron chi connectivity index (χ1n) is 6.68. The lowest BCUT2D eigenvalue weighted by Crippen LogP contribution is -2.42. The first kappa shape index (κ1) is 15.0. The molecule has 5 nitrogen and oxygen atoms in total. The van der Waals surface area contributed by atoms with Gasteiger partial charge in [-0.15, -0.1) is 0 Å². The highest BCUT2D eigenvalue weighted by atomic mass is 32.2. The van der Waals surface area contributed by atoms with Crippen LogP contribution in [-0.2, 0) is 10.0 Å². The number of hydrogen-bond acceptors (Lipinski definition) is 4. The van der Waals surface area contributed by atoms with Crippen LogP contribution in [0, 0.1) is 6.92 Å². The summed E-state index contributed by atoms with van der Waals surface area (Å²) in [4.78, 5) is 11.0. The van der Waals surface area contributed by atoms with Gasteiger partial charge in [-0.3, -0.25) is 0 Å². The Morgan fingerprint density at radius 3 is 2.65 bits per heavy atom. The molecule has 110 valence electrons. The van der Waals surface area contributed by atoms with Crippen molar-refractivity contribution in [3.8, 4) is 0 Å². The lowest BCUT2D eigenvalue weighted by atomic mass is 10.1. The second kappa shape index (κ2) is 5.54. The second-order valence-corrected chi connectivity index (χ2v) is 7.12.